The summed E-state index contributed by atoms with van der Waals surface area (Å²) >= 11 is 0. The van der Waals surface area contributed by atoms with Gasteiger partial charge in [0.2, 0.25) is 0 Å². The molecule has 0 spiro atoms. The van der Waals surface area contributed by atoms with Crippen molar-refractivity contribution < 1.29 is 0 Å². The van der Waals surface area contributed by atoms with E-state index >= 15 is 0 Å². The summed E-state index contributed by atoms with van der Waals surface area (Å²) < 4.78 is 0. The lowest BCUT2D eigenvalue weighted by atomic mass is 9.97. The van der Waals surface area contributed by atoms with Crippen LogP contribution in [0.25, 0.3) is 0 Å². The Hall–Kier alpha value is -1.70. The Morgan fingerprint density at radius 1 is 1.12 bits per heavy atom. The highest BCUT2D eigenvalue weighted by Gasteiger charge is 2.09. The zero-order valence-corrected chi connectivity index (χ0v) is 9.72. The lowest BCUT2D eigenvalue weighted by Crippen LogP contribution is -2.00. The van der Waals surface area contributed by atoms with E-state index in [9.17, 15) is 0 Å². The van der Waals surface area contributed by atoms with Gasteiger partial charge in [-0.25, -0.2) is 0 Å². The Morgan fingerprint density at radius 3 is 2.69 bits per heavy atom. The predicted molar refractivity (Wildman–Crippen MR) is 65.4 cm³/mol. The van der Waals surface area contributed by atoms with Crippen LogP contribution in [0.4, 0.5) is 0 Å². The van der Waals surface area contributed by atoms with Crippen molar-refractivity contribution in [3.8, 4) is 0 Å². The third-order valence-corrected chi connectivity index (χ3v) is 2.83. The second kappa shape index (κ2) is 4.88. The number of rotatable bonds is 3. The molecule has 0 N–H and O–H groups in total. The van der Waals surface area contributed by atoms with Crippen LogP contribution in [0.15, 0.2) is 42.7 Å². The fraction of sp³-hybridized carbons (Fsp3) is 0.286. The van der Waals surface area contributed by atoms with Gasteiger partial charge in [-0.15, -0.1) is 0 Å². The number of hydrogen-bond acceptors (Lipinski definition) is 2. The summed E-state index contributed by atoms with van der Waals surface area (Å²) in [6, 6.07) is 10.3. The van der Waals surface area contributed by atoms with Gasteiger partial charge in [-0.2, -0.15) is 0 Å². The van der Waals surface area contributed by atoms with Gasteiger partial charge in [0.25, 0.3) is 0 Å². The average molecular weight is 212 g/mol. The quantitative estimate of drug-likeness (QED) is 0.780. The molecule has 82 valence electrons. The van der Waals surface area contributed by atoms with E-state index < -0.39 is 0 Å². The molecule has 2 nitrogen and oxygen atoms in total. The Labute approximate surface area is 96.4 Å². The van der Waals surface area contributed by atoms with E-state index in [4.69, 9.17) is 0 Å². The fourth-order valence-corrected chi connectivity index (χ4v) is 1.76. The van der Waals surface area contributed by atoms with Crippen molar-refractivity contribution in [1.82, 2.24) is 9.97 Å². The molecule has 1 atom stereocenters. The minimum Gasteiger partial charge on any atom is -0.261 e. The van der Waals surface area contributed by atoms with E-state index in [-0.39, 0.29) is 0 Å². The van der Waals surface area contributed by atoms with Crippen molar-refractivity contribution in [2.24, 2.45) is 0 Å². The van der Waals surface area contributed by atoms with Crippen LogP contribution >= 0.6 is 0 Å². The highest BCUT2D eigenvalue weighted by atomic mass is 14.7. The molecular formula is C14H16N2. The first kappa shape index (κ1) is 10.8. The zero-order chi connectivity index (χ0) is 11.4. The molecule has 2 rings (SSSR count). The first-order valence-corrected chi connectivity index (χ1v) is 5.67. The van der Waals surface area contributed by atoms with Gasteiger partial charge in [0.1, 0.15) is 0 Å². The summed E-state index contributed by atoms with van der Waals surface area (Å²) in [4.78, 5) is 8.70. The molecule has 2 aromatic rings. The molecule has 16 heavy (non-hydrogen) atoms. The predicted octanol–water partition coefficient (Wildman–Crippen LogP) is 3.19. The summed E-state index contributed by atoms with van der Waals surface area (Å²) in [6.07, 6.45) is 4.70. The maximum absolute atomic E-state index is 4.39. The van der Waals surface area contributed by atoms with Crippen molar-refractivity contribution in [3.05, 3.63) is 59.7 Å². The zero-order valence-electron chi connectivity index (χ0n) is 9.72. The summed E-state index contributed by atoms with van der Waals surface area (Å²) in [7, 11) is 0. The highest BCUT2D eigenvalue weighted by molar-refractivity contribution is 5.27. The third kappa shape index (κ3) is 2.27. The molecule has 0 bridgehead atoms. The molecule has 0 aliphatic heterocycles. The molecule has 0 aliphatic rings. The van der Waals surface area contributed by atoms with Gasteiger partial charge in [-0.1, -0.05) is 19.9 Å². The van der Waals surface area contributed by atoms with Crippen molar-refractivity contribution in [2.75, 3.05) is 0 Å². The second-order valence-corrected chi connectivity index (χ2v) is 3.91. The van der Waals surface area contributed by atoms with Crippen LogP contribution in [0, 0.1) is 0 Å². The van der Waals surface area contributed by atoms with Crippen LogP contribution in [0.5, 0.6) is 0 Å². The summed E-state index contributed by atoms with van der Waals surface area (Å²) in [6.45, 7) is 4.30. The Balaban J connectivity index is 2.30. The standard InChI is InChI=1S/C14H16N2/c1-3-13-10-12(7-9-15-13)11(2)14-6-4-5-8-16-14/h4-11H,3H2,1-2H3/t11-/m1/s1. The van der Waals surface area contributed by atoms with Gasteiger partial charge in [-0.3, -0.25) is 9.97 Å². The largest absolute Gasteiger partial charge is 0.261 e. The van der Waals surface area contributed by atoms with Gasteiger partial charge in [0.15, 0.2) is 0 Å². The molecule has 0 unspecified atom stereocenters. The molecule has 0 radical (unpaired) electrons. The molecule has 2 heteroatoms. The highest BCUT2D eigenvalue weighted by Crippen LogP contribution is 2.22. The monoisotopic (exact) mass is 212 g/mol. The normalized spacial score (nSPS) is 12.4. The Kier molecular flexibility index (Phi) is 3.30. The van der Waals surface area contributed by atoms with E-state index in [1.165, 1.54) is 5.56 Å². The molecule has 2 heterocycles. The summed E-state index contributed by atoms with van der Waals surface area (Å²) in [5.74, 6) is 0.328. The summed E-state index contributed by atoms with van der Waals surface area (Å²) in [5.41, 5.74) is 3.53. The molecular weight excluding hydrogens is 196 g/mol. The minimum atomic E-state index is 0.328. The molecule has 0 aliphatic carbocycles. The molecule has 0 saturated heterocycles. The first-order valence-electron chi connectivity index (χ1n) is 5.67. The number of aryl methyl sites for hydroxylation is 1. The van der Waals surface area contributed by atoms with Gasteiger partial charge in [0, 0.05) is 29.7 Å². The van der Waals surface area contributed by atoms with Crippen LogP contribution in [-0.2, 0) is 6.42 Å². The van der Waals surface area contributed by atoms with Crippen LogP contribution < -0.4 is 0 Å². The van der Waals surface area contributed by atoms with Crippen molar-refractivity contribution in [1.29, 1.82) is 0 Å². The fourth-order valence-electron chi connectivity index (χ4n) is 1.76. The van der Waals surface area contributed by atoms with Crippen molar-refractivity contribution in [2.45, 2.75) is 26.2 Å². The van der Waals surface area contributed by atoms with Crippen LogP contribution in [0.2, 0.25) is 0 Å². The molecule has 0 aromatic carbocycles. The van der Waals surface area contributed by atoms with Crippen molar-refractivity contribution in [3.63, 3.8) is 0 Å². The van der Waals surface area contributed by atoms with Crippen molar-refractivity contribution >= 4 is 0 Å². The minimum absolute atomic E-state index is 0.328. The molecule has 2 aromatic heterocycles. The number of pyridine rings is 2. The van der Waals surface area contributed by atoms with E-state index in [0.29, 0.717) is 5.92 Å². The number of aromatic nitrogens is 2. The maximum Gasteiger partial charge on any atom is 0.0475 e. The first-order chi connectivity index (χ1) is 7.81. The van der Waals surface area contributed by atoms with E-state index in [0.717, 1.165) is 17.8 Å². The molecule has 0 saturated carbocycles. The number of hydrogen-bond donors (Lipinski definition) is 0. The van der Waals surface area contributed by atoms with Gasteiger partial charge < -0.3 is 0 Å². The van der Waals surface area contributed by atoms with Gasteiger partial charge in [-0.05, 0) is 36.2 Å². The number of nitrogens with zero attached hydrogens (tertiary/aromatic N) is 2. The van der Waals surface area contributed by atoms with Crippen LogP contribution in [0.1, 0.15) is 36.7 Å². The second-order valence-electron chi connectivity index (χ2n) is 3.91. The van der Waals surface area contributed by atoms with Gasteiger partial charge >= 0.3 is 0 Å². The van der Waals surface area contributed by atoms with Crippen LogP contribution in [-0.4, -0.2) is 9.97 Å². The SMILES string of the molecule is CCc1cc([C@@H](C)c2ccccn2)ccn1. The maximum atomic E-state index is 4.39. The Morgan fingerprint density at radius 2 is 2.00 bits per heavy atom. The third-order valence-electron chi connectivity index (χ3n) is 2.83. The summed E-state index contributed by atoms with van der Waals surface area (Å²) in [5, 5.41) is 0. The molecule has 0 amide bonds. The Bertz CT molecular complexity index is 451. The van der Waals surface area contributed by atoms with E-state index in [1.54, 1.807) is 0 Å². The van der Waals surface area contributed by atoms with E-state index in [2.05, 4.69) is 42.0 Å². The average Bonchev–Trinajstić information content (AvgIpc) is 2.39. The smallest absolute Gasteiger partial charge is 0.0475 e. The lowest BCUT2D eigenvalue weighted by molar-refractivity contribution is 0.860. The lowest BCUT2D eigenvalue weighted by Gasteiger charge is -2.11. The van der Waals surface area contributed by atoms with Crippen LogP contribution in [0.3, 0.4) is 0 Å². The molecule has 0 fully saturated rings. The topological polar surface area (TPSA) is 25.8 Å². The van der Waals surface area contributed by atoms with E-state index in [1.807, 2.05) is 24.5 Å². The van der Waals surface area contributed by atoms with Gasteiger partial charge in [0.05, 0.1) is 0 Å².